The molecular weight excluding hydrogens is 415 g/mol. The van der Waals surface area contributed by atoms with Crippen molar-refractivity contribution in [3.05, 3.63) is 35.1 Å². The first-order chi connectivity index (χ1) is 16.7. The third-order valence-electron chi connectivity index (χ3n) is 10.2. The second kappa shape index (κ2) is 13.5. The van der Waals surface area contributed by atoms with E-state index in [1.807, 2.05) is 6.07 Å². The van der Waals surface area contributed by atoms with Crippen molar-refractivity contribution in [1.29, 1.82) is 0 Å². The van der Waals surface area contributed by atoms with Gasteiger partial charge in [0.1, 0.15) is 5.82 Å². The van der Waals surface area contributed by atoms with Crippen LogP contribution in [0.25, 0.3) is 0 Å². The number of hydrogen-bond acceptors (Lipinski definition) is 0. The van der Waals surface area contributed by atoms with Gasteiger partial charge in [-0.2, -0.15) is 0 Å². The molecule has 192 valence electrons. The number of fused-ring (bicyclic) bond motifs is 1. The van der Waals surface area contributed by atoms with E-state index in [4.69, 9.17) is 0 Å². The number of unbranched alkanes of at least 4 members (excludes halogenated alkanes) is 3. The normalized spacial score (nSPS) is 31.9. The highest BCUT2D eigenvalue weighted by atomic mass is 19.1. The second-order valence-corrected chi connectivity index (χ2v) is 12.6. The first-order valence-electron chi connectivity index (χ1n) is 15.4. The summed E-state index contributed by atoms with van der Waals surface area (Å²) in [7, 11) is 0. The maximum Gasteiger partial charge on any atom is 0.126 e. The predicted octanol–water partition coefficient (Wildman–Crippen LogP) is 10.6. The van der Waals surface area contributed by atoms with E-state index in [2.05, 4.69) is 26.0 Å². The topological polar surface area (TPSA) is 0 Å². The van der Waals surface area contributed by atoms with E-state index in [0.717, 1.165) is 48.0 Å². The van der Waals surface area contributed by atoms with Gasteiger partial charge in [-0.25, -0.2) is 4.39 Å². The first-order valence-corrected chi connectivity index (χ1v) is 15.4. The van der Waals surface area contributed by atoms with Crippen LogP contribution < -0.4 is 0 Å². The fraction of sp³-hybridized carbons (Fsp3) is 0.818. The van der Waals surface area contributed by atoms with Crippen molar-refractivity contribution >= 4 is 0 Å². The van der Waals surface area contributed by atoms with Gasteiger partial charge >= 0.3 is 0 Å². The number of benzene rings is 1. The molecule has 4 atom stereocenters. The quantitative estimate of drug-likeness (QED) is 0.283. The van der Waals surface area contributed by atoms with Gasteiger partial charge in [0.05, 0.1) is 0 Å². The Kier molecular flexibility index (Phi) is 10.4. The lowest BCUT2D eigenvalue weighted by Crippen LogP contribution is -2.30. The fourth-order valence-corrected chi connectivity index (χ4v) is 7.98. The molecule has 1 aromatic rings. The summed E-state index contributed by atoms with van der Waals surface area (Å²) in [5.74, 6) is 5.57. The van der Waals surface area contributed by atoms with Crippen LogP contribution in [-0.4, -0.2) is 0 Å². The van der Waals surface area contributed by atoms with E-state index < -0.39 is 0 Å². The molecule has 0 aromatic heterocycles. The van der Waals surface area contributed by atoms with E-state index in [9.17, 15) is 4.39 Å². The van der Waals surface area contributed by atoms with E-state index in [1.54, 1.807) is 0 Å². The largest absolute Gasteiger partial charge is 0.207 e. The summed E-state index contributed by atoms with van der Waals surface area (Å²) in [5.41, 5.74) is 2.18. The van der Waals surface area contributed by atoms with Gasteiger partial charge < -0.3 is 0 Å². The summed E-state index contributed by atoms with van der Waals surface area (Å²) in [5, 5.41) is 0. The van der Waals surface area contributed by atoms with Crippen molar-refractivity contribution in [3.8, 4) is 0 Å². The Morgan fingerprint density at radius 3 is 2.09 bits per heavy atom. The highest BCUT2D eigenvalue weighted by Crippen LogP contribution is 2.49. The van der Waals surface area contributed by atoms with Gasteiger partial charge in [-0.05, 0) is 91.2 Å². The number of hydrogen-bond donors (Lipinski definition) is 0. The Labute approximate surface area is 210 Å². The SMILES string of the molecule is CCCCCCC1CCC(CCC2CCC3CC(c4ccc(CCC)c(F)c4)CCC3C2)CC1. The molecule has 0 nitrogen and oxygen atoms in total. The zero-order chi connectivity index (χ0) is 23.8. The van der Waals surface area contributed by atoms with Crippen molar-refractivity contribution in [3.63, 3.8) is 0 Å². The molecule has 3 fully saturated rings. The molecule has 34 heavy (non-hydrogen) atoms. The lowest BCUT2D eigenvalue weighted by atomic mass is 9.63. The maximum atomic E-state index is 14.5. The molecule has 4 rings (SSSR count). The van der Waals surface area contributed by atoms with E-state index in [1.165, 1.54) is 115 Å². The van der Waals surface area contributed by atoms with Gasteiger partial charge in [0.2, 0.25) is 0 Å². The fourth-order valence-electron chi connectivity index (χ4n) is 7.98. The van der Waals surface area contributed by atoms with Crippen LogP contribution in [0.15, 0.2) is 18.2 Å². The molecule has 0 spiro atoms. The van der Waals surface area contributed by atoms with Crippen LogP contribution in [0.4, 0.5) is 4.39 Å². The standard InChI is InChI=1S/C33H53F/c1-3-5-6-7-9-25-10-12-26(13-11-25)14-15-27-16-17-30-23-31(21-20-29(30)22-27)32-19-18-28(8-4-2)33(34)24-32/h18-19,24-27,29-31H,3-17,20-23H2,1-2H3. The van der Waals surface area contributed by atoms with Crippen molar-refractivity contribution in [2.24, 2.45) is 29.6 Å². The monoisotopic (exact) mass is 468 g/mol. The molecule has 0 amide bonds. The molecule has 1 aromatic carbocycles. The number of rotatable bonds is 11. The van der Waals surface area contributed by atoms with Crippen molar-refractivity contribution in [1.82, 2.24) is 0 Å². The Morgan fingerprint density at radius 1 is 0.676 bits per heavy atom. The summed E-state index contributed by atoms with van der Waals surface area (Å²) in [6.07, 6.45) is 26.6. The van der Waals surface area contributed by atoms with E-state index in [-0.39, 0.29) is 5.82 Å². The zero-order valence-electron chi connectivity index (χ0n) is 22.5. The molecule has 0 N–H and O–H groups in total. The summed E-state index contributed by atoms with van der Waals surface area (Å²) >= 11 is 0. The van der Waals surface area contributed by atoms with Crippen molar-refractivity contribution in [2.75, 3.05) is 0 Å². The molecule has 3 aliphatic rings. The third-order valence-corrected chi connectivity index (χ3v) is 10.2. The molecule has 0 heterocycles. The molecule has 1 heteroatoms. The summed E-state index contributed by atoms with van der Waals surface area (Å²) in [6, 6.07) is 6.18. The first kappa shape index (κ1) is 26.2. The van der Waals surface area contributed by atoms with Crippen LogP contribution in [0.1, 0.15) is 146 Å². The molecule has 3 aliphatic carbocycles. The second-order valence-electron chi connectivity index (χ2n) is 12.6. The average Bonchev–Trinajstić information content (AvgIpc) is 2.87. The Morgan fingerprint density at radius 2 is 1.35 bits per heavy atom. The van der Waals surface area contributed by atoms with Crippen LogP contribution in [-0.2, 0) is 6.42 Å². The van der Waals surface area contributed by atoms with E-state index >= 15 is 0 Å². The summed E-state index contributed by atoms with van der Waals surface area (Å²) in [6.45, 7) is 4.45. The molecule has 0 radical (unpaired) electrons. The van der Waals surface area contributed by atoms with Gasteiger partial charge in [0, 0.05) is 0 Å². The smallest absolute Gasteiger partial charge is 0.126 e. The van der Waals surface area contributed by atoms with Crippen LogP contribution in [0.2, 0.25) is 0 Å². The van der Waals surface area contributed by atoms with Crippen LogP contribution >= 0.6 is 0 Å². The average molecular weight is 469 g/mol. The lowest BCUT2D eigenvalue weighted by molar-refractivity contribution is 0.108. The summed E-state index contributed by atoms with van der Waals surface area (Å²) < 4.78 is 14.5. The Bertz CT molecular complexity index is 715. The van der Waals surface area contributed by atoms with Crippen LogP contribution in [0.5, 0.6) is 0 Å². The molecule has 0 aliphatic heterocycles. The number of aryl methyl sites for hydroxylation is 1. The Hall–Kier alpha value is -0.850. The van der Waals surface area contributed by atoms with Gasteiger partial charge in [-0.15, -0.1) is 0 Å². The maximum absolute atomic E-state index is 14.5. The van der Waals surface area contributed by atoms with Gasteiger partial charge in [0.25, 0.3) is 0 Å². The zero-order valence-corrected chi connectivity index (χ0v) is 22.5. The highest BCUT2D eigenvalue weighted by molar-refractivity contribution is 5.27. The minimum absolute atomic E-state index is 0.0377. The van der Waals surface area contributed by atoms with Gasteiger partial charge in [-0.1, -0.05) is 109 Å². The lowest BCUT2D eigenvalue weighted by Gasteiger charge is -2.43. The molecular formula is C33H53F. The van der Waals surface area contributed by atoms with E-state index in [0.29, 0.717) is 5.92 Å². The van der Waals surface area contributed by atoms with Gasteiger partial charge in [0.15, 0.2) is 0 Å². The van der Waals surface area contributed by atoms with Crippen molar-refractivity contribution in [2.45, 2.75) is 142 Å². The summed E-state index contributed by atoms with van der Waals surface area (Å²) in [4.78, 5) is 0. The minimum Gasteiger partial charge on any atom is -0.207 e. The molecule has 0 bridgehead atoms. The predicted molar refractivity (Wildman–Crippen MR) is 145 cm³/mol. The minimum atomic E-state index is 0.0377. The van der Waals surface area contributed by atoms with Gasteiger partial charge in [-0.3, -0.25) is 0 Å². The van der Waals surface area contributed by atoms with Crippen LogP contribution in [0, 0.1) is 35.4 Å². The molecule has 3 saturated carbocycles. The highest BCUT2D eigenvalue weighted by Gasteiger charge is 2.36. The van der Waals surface area contributed by atoms with Crippen molar-refractivity contribution < 1.29 is 4.39 Å². The van der Waals surface area contributed by atoms with Crippen LogP contribution in [0.3, 0.4) is 0 Å². The number of halogens is 1. The molecule has 4 unspecified atom stereocenters. The molecule has 0 saturated heterocycles. The Balaban J connectivity index is 1.15. The third kappa shape index (κ3) is 7.33.